The van der Waals surface area contributed by atoms with Crippen molar-refractivity contribution in [3.8, 4) is 0 Å². The first kappa shape index (κ1) is 11.0. The molecule has 0 amide bonds. The van der Waals surface area contributed by atoms with Gasteiger partial charge in [0.1, 0.15) is 5.15 Å². The highest BCUT2D eigenvalue weighted by Gasteiger charge is 2.21. The maximum atomic E-state index is 11.1. The van der Waals surface area contributed by atoms with Crippen LogP contribution in [0.3, 0.4) is 0 Å². The van der Waals surface area contributed by atoms with E-state index in [1.165, 1.54) is 13.2 Å². The van der Waals surface area contributed by atoms with Crippen molar-refractivity contribution in [1.82, 2.24) is 4.98 Å². The lowest BCUT2D eigenvalue weighted by molar-refractivity contribution is 0.0601. The summed E-state index contributed by atoms with van der Waals surface area (Å²) in [4.78, 5) is 14.8. The highest BCUT2D eigenvalue weighted by atomic mass is 35.5. The van der Waals surface area contributed by atoms with E-state index in [2.05, 4.69) is 9.72 Å². The number of hydrogen-bond donors (Lipinski definition) is 2. The quantitative estimate of drug-likeness (QED) is 0.384. The summed E-state index contributed by atoms with van der Waals surface area (Å²) in [5, 5.41) is 17.9. The van der Waals surface area contributed by atoms with Crippen LogP contribution in [0, 0.1) is 0 Å². The van der Waals surface area contributed by atoms with Crippen LogP contribution in [0.2, 0.25) is 5.15 Å². The monoisotopic (exact) mass is 215 g/mol. The fourth-order valence-corrected chi connectivity index (χ4v) is 1.10. The molecule has 74 valence electrons. The lowest BCUT2D eigenvalue weighted by Gasteiger charge is -2.06. The molecule has 1 rings (SSSR count). The second kappa shape index (κ2) is 4.41. The van der Waals surface area contributed by atoms with Gasteiger partial charge in [-0.3, -0.25) is 0 Å². The van der Waals surface area contributed by atoms with Crippen LogP contribution < -0.4 is 5.46 Å². The molecule has 0 atom stereocenters. The summed E-state index contributed by atoms with van der Waals surface area (Å²) in [7, 11) is -0.602. The van der Waals surface area contributed by atoms with Crippen molar-refractivity contribution in [2.24, 2.45) is 0 Å². The third-order valence-corrected chi connectivity index (χ3v) is 1.79. The molecule has 1 aromatic heterocycles. The van der Waals surface area contributed by atoms with Crippen LogP contribution in [0.4, 0.5) is 0 Å². The lowest BCUT2D eigenvalue weighted by Crippen LogP contribution is -2.35. The molecule has 0 aromatic carbocycles. The first-order chi connectivity index (χ1) is 6.56. The Hall–Kier alpha value is -1.11. The van der Waals surface area contributed by atoms with Gasteiger partial charge in [-0.1, -0.05) is 11.6 Å². The number of methoxy groups -OCH3 is 1. The molecule has 0 unspecified atom stereocenters. The summed E-state index contributed by atoms with van der Waals surface area (Å²) in [5.74, 6) is -0.697. The van der Waals surface area contributed by atoms with E-state index in [0.717, 1.165) is 6.20 Å². The first-order valence-corrected chi connectivity index (χ1v) is 4.04. The zero-order valence-electron chi connectivity index (χ0n) is 7.27. The largest absolute Gasteiger partial charge is 0.489 e. The number of carbonyl (C=O) groups is 1. The summed E-state index contributed by atoms with van der Waals surface area (Å²) < 4.78 is 4.42. The van der Waals surface area contributed by atoms with E-state index < -0.39 is 13.1 Å². The summed E-state index contributed by atoms with van der Waals surface area (Å²) in [6, 6.07) is 1.19. The molecule has 0 aliphatic carbocycles. The van der Waals surface area contributed by atoms with E-state index in [1.807, 2.05) is 0 Å². The van der Waals surface area contributed by atoms with Crippen LogP contribution in [-0.2, 0) is 4.74 Å². The minimum atomic E-state index is -1.79. The minimum absolute atomic E-state index is 0.0214. The van der Waals surface area contributed by atoms with Crippen molar-refractivity contribution < 1.29 is 19.6 Å². The standard InChI is InChI=1S/C7H7BClNO4/c1-14-7(11)4-3-10-6(9)2-5(4)8(12)13/h2-3,12-13H,1H3. The topological polar surface area (TPSA) is 79.7 Å². The van der Waals surface area contributed by atoms with E-state index in [4.69, 9.17) is 21.6 Å². The highest BCUT2D eigenvalue weighted by molar-refractivity contribution is 6.60. The second-order valence-corrected chi connectivity index (χ2v) is 2.85. The molecule has 0 aliphatic rings. The Morgan fingerprint density at radius 3 is 2.79 bits per heavy atom. The van der Waals surface area contributed by atoms with Crippen LogP contribution in [-0.4, -0.2) is 35.2 Å². The van der Waals surface area contributed by atoms with Crippen molar-refractivity contribution in [2.75, 3.05) is 7.11 Å². The van der Waals surface area contributed by atoms with Gasteiger partial charge in [-0.15, -0.1) is 0 Å². The third kappa shape index (κ3) is 2.23. The predicted molar refractivity (Wildman–Crippen MR) is 50.4 cm³/mol. The molecule has 7 heteroatoms. The zero-order chi connectivity index (χ0) is 10.7. The number of rotatable bonds is 2. The van der Waals surface area contributed by atoms with E-state index in [0.29, 0.717) is 0 Å². The Bertz CT molecular complexity index is 358. The molecule has 14 heavy (non-hydrogen) atoms. The SMILES string of the molecule is COC(=O)c1cnc(Cl)cc1B(O)O. The zero-order valence-corrected chi connectivity index (χ0v) is 8.02. The fraction of sp³-hybridized carbons (Fsp3) is 0.143. The van der Waals surface area contributed by atoms with E-state index in [1.54, 1.807) is 0 Å². The van der Waals surface area contributed by atoms with Crippen molar-refractivity contribution >= 4 is 30.2 Å². The Morgan fingerprint density at radius 1 is 1.64 bits per heavy atom. The fourth-order valence-electron chi connectivity index (χ4n) is 0.938. The van der Waals surface area contributed by atoms with Gasteiger partial charge in [-0.05, 0) is 6.07 Å². The van der Waals surface area contributed by atoms with Gasteiger partial charge in [0.05, 0.1) is 12.7 Å². The number of ether oxygens (including phenoxy) is 1. The van der Waals surface area contributed by atoms with Crippen LogP contribution in [0.1, 0.15) is 10.4 Å². The molecule has 1 heterocycles. The molecule has 0 fully saturated rings. The first-order valence-electron chi connectivity index (χ1n) is 3.66. The molecule has 0 radical (unpaired) electrons. The van der Waals surface area contributed by atoms with Crippen molar-refractivity contribution in [3.63, 3.8) is 0 Å². The van der Waals surface area contributed by atoms with Gasteiger partial charge in [0.15, 0.2) is 0 Å². The number of pyridine rings is 1. The highest BCUT2D eigenvalue weighted by Crippen LogP contribution is 2.05. The van der Waals surface area contributed by atoms with Gasteiger partial charge in [0.2, 0.25) is 0 Å². The third-order valence-electron chi connectivity index (χ3n) is 1.59. The van der Waals surface area contributed by atoms with E-state index in [9.17, 15) is 4.79 Å². The molecule has 2 N–H and O–H groups in total. The van der Waals surface area contributed by atoms with Crippen molar-refractivity contribution in [2.45, 2.75) is 0 Å². The number of nitrogens with zero attached hydrogens (tertiary/aromatic N) is 1. The molecule has 0 aliphatic heterocycles. The molecule has 0 saturated heterocycles. The molecule has 0 bridgehead atoms. The van der Waals surface area contributed by atoms with Gasteiger partial charge in [-0.2, -0.15) is 0 Å². The van der Waals surface area contributed by atoms with E-state index >= 15 is 0 Å². The number of aromatic nitrogens is 1. The predicted octanol–water partition coefficient (Wildman–Crippen LogP) is -0.799. The van der Waals surface area contributed by atoms with Crippen molar-refractivity contribution in [1.29, 1.82) is 0 Å². The summed E-state index contributed by atoms with van der Waals surface area (Å²) >= 11 is 5.52. The van der Waals surface area contributed by atoms with Gasteiger partial charge in [0.25, 0.3) is 0 Å². The van der Waals surface area contributed by atoms with Crippen molar-refractivity contribution in [3.05, 3.63) is 23.0 Å². The number of esters is 1. The van der Waals surface area contributed by atoms with Gasteiger partial charge in [0, 0.05) is 11.7 Å². The van der Waals surface area contributed by atoms with Crippen LogP contribution in [0.5, 0.6) is 0 Å². The Kier molecular flexibility index (Phi) is 3.46. The molecule has 1 aromatic rings. The average Bonchev–Trinajstić information content (AvgIpc) is 2.16. The van der Waals surface area contributed by atoms with Crippen LogP contribution >= 0.6 is 11.6 Å². The number of halogens is 1. The number of hydrogen-bond acceptors (Lipinski definition) is 5. The molecule has 0 spiro atoms. The number of carbonyl (C=O) groups excluding carboxylic acids is 1. The maximum Gasteiger partial charge on any atom is 0.489 e. The van der Waals surface area contributed by atoms with Crippen LogP contribution in [0.25, 0.3) is 0 Å². The smallest absolute Gasteiger partial charge is 0.465 e. The van der Waals surface area contributed by atoms with Gasteiger partial charge >= 0.3 is 13.1 Å². The van der Waals surface area contributed by atoms with E-state index in [-0.39, 0.29) is 16.2 Å². The molecular formula is C7H7BClNO4. The normalized spacial score (nSPS) is 9.71. The summed E-state index contributed by atoms with van der Waals surface area (Å²) in [6.07, 6.45) is 1.13. The minimum Gasteiger partial charge on any atom is -0.465 e. The Labute approximate surface area is 85.4 Å². The summed E-state index contributed by atoms with van der Waals surface area (Å²) in [6.45, 7) is 0. The average molecular weight is 215 g/mol. The molecular weight excluding hydrogens is 208 g/mol. The van der Waals surface area contributed by atoms with Gasteiger partial charge in [-0.25, -0.2) is 9.78 Å². The second-order valence-electron chi connectivity index (χ2n) is 2.46. The molecule has 5 nitrogen and oxygen atoms in total. The van der Waals surface area contributed by atoms with Gasteiger partial charge < -0.3 is 14.8 Å². The lowest BCUT2D eigenvalue weighted by atomic mass is 9.78. The summed E-state index contributed by atoms with van der Waals surface area (Å²) in [5.41, 5.74) is -0.0521. The molecule has 0 saturated carbocycles. The Balaban J connectivity index is 3.21. The Morgan fingerprint density at radius 2 is 2.29 bits per heavy atom. The maximum absolute atomic E-state index is 11.1. The van der Waals surface area contributed by atoms with Crippen LogP contribution in [0.15, 0.2) is 12.3 Å².